The third-order valence-corrected chi connectivity index (χ3v) is 2.89. The van der Waals surface area contributed by atoms with Crippen LogP contribution >= 0.6 is 0 Å². The van der Waals surface area contributed by atoms with Gasteiger partial charge in [0.25, 0.3) is 0 Å². The van der Waals surface area contributed by atoms with Crippen molar-refractivity contribution in [3.8, 4) is 0 Å². The highest BCUT2D eigenvalue weighted by Crippen LogP contribution is 2.36. The Hall–Kier alpha value is -1.51. The van der Waals surface area contributed by atoms with E-state index < -0.39 is 0 Å². The first-order valence-corrected chi connectivity index (χ1v) is 4.89. The number of benzene rings is 1. The van der Waals surface area contributed by atoms with E-state index in [1.54, 1.807) is 0 Å². The molecule has 1 fully saturated rings. The Balaban J connectivity index is 2.17. The van der Waals surface area contributed by atoms with Crippen molar-refractivity contribution in [3.05, 3.63) is 35.4 Å². The molecule has 1 aromatic carbocycles. The van der Waals surface area contributed by atoms with Gasteiger partial charge in [0.2, 0.25) is 0 Å². The molecule has 1 aromatic rings. The van der Waals surface area contributed by atoms with Gasteiger partial charge in [-0.1, -0.05) is 35.8 Å². The standard InChI is InChI=1S/C11H14N2O/c12-11(13-14)10-6-4-9(5-7-10)8-2-1-3-8/h4-8,14H,1-3H2,(H2,12,13). The Morgan fingerprint density at radius 2 is 1.93 bits per heavy atom. The monoisotopic (exact) mass is 190 g/mol. The zero-order valence-corrected chi connectivity index (χ0v) is 7.98. The molecule has 1 aliphatic carbocycles. The van der Waals surface area contributed by atoms with Gasteiger partial charge in [0.15, 0.2) is 5.84 Å². The largest absolute Gasteiger partial charge is 0.409 e. The molecule has 0 bridgehead atoms. The molecule has 0 spiro atoms. The lowest BCUT2D eigenvalue weighted by Gasteiger charge is -2.25. The first kappa shape index (κ1) is 9.06. The van der Waals surface area contributed by atoms with Crippen molar-refractivity contribution >= 4 is 5.84 Å². The predicted molar refractivity (Wildman–Crippen MR) is 55.5 cm³/mol. The number of oxime groups is 1. The molecule has 74 valence electrons. The van der Waals surface area contributed by atoms with Crippen LogP contribution in [0.1, 0.15) is 36.3 Å². The first-order chi connectivity index (χ1) is 6.81. The summed E-state index contributed by atoms with van der Waals surface area (Å²) in [6.45, 7) is 0. The molecule has 14 heavy (non-hydrogen) atoms. The fraction of sp³-hybridized carbons (Fsp3) is 0.364. The molecule has 0 aromatic heterocycles. The molecule has 0 unspecified atom stereocenters. The van der Waals surface area contributed by atoms with E-state index in [1.165, 1.54) is 24.8 Å². The highest BCUT2D eigenvalue weighted by molar-refractivity contribution is 5.96. The number of nitrogens with zero attached hydrogens (tertiary/aromatic N) is 1. The average Bonchev–Trinajstić information content (AvgIpc) is 2.15. The maximum Gasteiger partial charge on any atom is 0.170 e. The maximum atomic E-state index is 8.49. The minimum Gasteiger partial charge on any atom is -0.409 e. The molecule has 0 atom stereocenters. The Morgan fingerprint density at radius 1 is 1.29 bits per heavy atom. The van der Waals surface area contributed by atoms with Gasteiger partial charge < -0.3 is 10.9 Å². The van der Waals surface area contributed by atoms with Crippen LogP contribution in [0.4, 0.5) is 0 Å². The van der Waals surface area contributed by atoms with E-state index in [2.05, 4.69) is 17.3 Å². The number of rotatable bonds is 2. The van der Waals surface area contributed by atoms with Crippen molar-refractivity contribution in [1.82, 2.24) is 0 Å². The molecule has 0 saturated heterocycles. The normalized spacial score (nSPS) is 17.9. The molecule has 1 aliphatic rings. The molecule has 0 amide bonds. The molecule has 3 N–H and O–H groups in total. The van der Waals surface area contributed by atoms with Crippen molar-refractivity contribution in [2.45, 2.75) is 25.2 Å². The van der Waals surface area contributed by atoms with Gasteiger partial charge in [-0.25, -0.2) is 0 Å². The zero-order chi connectivity index (χ0) is 9.97. The van der Waals surface area contributed by atoms with Gasteiger partial charge in [-0.2, -0.15) is 0 Å². The lowest BCUT2D eigenvalue weighted by Crippen LogP contribution is -2.14. The lowest BCUT2D eigenvalue weighted by atomic mass is 9.80. The quantitative estimate of drug-likeness (QED) is 0.324. The van der Waals surface area contributed by atoms with Crippen LogP contribution in [0.5, 0.6) is 0 Å². The van der Waals surface area contributed by atoms with Gasteiger partial charge in [0.1, 0.15) is 0 Å². The van der Waals surface area contributed by atoms with Crippen LogP contribution in [0.25, 0.3) is 0 Å². The van der Waals surface area contributed by atoms with Crippen LogP contribution in [0, 0.1) is 0 Å². The lowest BCUT2D eigenvalue weighted by molar-refractivity contribution is 0.318. The molecule has 1 saturated carbocycles. The van der Waals surface area contributed by atoms with Crippen LogP contribution in [-0.2, 0) is 0 Å². The second-order valence-corrected chi connectivity index (χ2v) is 3.74. The molecule has 0 aliphatic heterocycles. The summed E-state index contributed by atoms with van der Waals surface area (Å²) in [5, 5.41) is 11.4. The summed E-state index contributed by atoms with van der Waals surface area (Å²) in [4.78, 5) is 0. The third kappa shape index (κ3) is 1.58. The molecule has 2 rings (SSSR count). The summed E-state index contributed by atoms with van der Waals surface area (Å²) >= 11 is 0. The maximum absolute atomic E-state index is 8.49. The summed E-state index contributed by atoms with van der Waals surface area (Å²) in [6, 6.07) is 7.94. The minimum atomic E-state index is 0.171. The Bertz CT molecular complexity index is 339. The van der Waals surface area contributed by atoms with Gasteiger partial charge in [-0.3, -0.25) is 0 Å². The van der Waals surface area contributed by atoms with Gasteiger partial charge in [0.05, 0.1) is 0 Å². The zero-order valence-electron chi connectivity index (χ0n) is 7.98. The van der Waals surface area contributed by atoms with Crippen molar-refractivity contribution in [2.24, 2.45) is 10.9 Å². The van der Waals surface area contributed by atoms with Gasteiger partial charge >= 0.3 is 0 Å². The number of hydrogen-bond donors (Lipinski definition) is 2. The van der Waals surface area contributed by atoms with E-state index in [0.29, 0.717) is 0 Å². The van der Waals surface area contributed by atoms with Crippen LogP contribution in [0.15, 0.2) is 29.4 Å². The van der Waals surface area contributed by atoms with E-state index in [0.717, 1.165) is 11.5 Å². The summed E-state index contributed by atoms with van der Waals surface area (Å²) in [7, 11) is 0. The van der Waals surface area contributed by atoms with Gasteiger partial charge in [-0.15, -0.1) is 0 Å². The van der Waals surface area contributed by atoms with E-state index >= 15 is 0 Å². The van der Waals surface area contributed by atoms with Crippen molar-refractivity contribution in [1.29, 1.82) is 0 Å². The number of hydrogen-bond acceptors (Lipinski definition) is 2. The van der Waals surface area contributed by atoms with Crippen LogP contribution in [-0.4, -0.2) is 11.0 Å². The number of amidine groups is 1. The van der Waals surface area contributed by atoms with Gasteiger partial charge in [0, 0.05) is 5.56 Å². The summed E-state index contributed by atoms with van der Waals surface area (Å²) in [5.41, 5.74) is 7.61. The summed E-state index contributed by atoms with van der Waals surface area (Å²) in [6.07, 6.45) is 3.93. The highest BCUT2D eigenvalue weighted by Gasteiger charge is 2.18. The second-order valence-electron chi connectivity index (χ2n) is 3.74. The average molecular weight is 190 g/mol. The molecular formula is C11H14N2O. The van der Waals surface area contributed by atoms with Crippen molar-refractivity contribution < 1.29 is 5.21 Å². The molecule has 0 radical (unpaired) electrons. The summed E-state index contributed by atoms with van der Waals surface area (Å²) < 4.78 is 0. The Labute approximate surface area is 83.2 Å². The Kier molecular flexibility index (Phi) is 2.39. The van der Waals surface area contributed by atoms with Crippen LogP contribution in [0.2, 0.25) is 0 Å². The van der Waals surface area contributed by atoms with Crippen molar-refractivity contribution in [3.63, 3.8) is 0 Å². The second kappa shape index (κ2) is 3.70. The third-order valence-electron chi connectivity index (χ3n) is 2.89. The summed E-state index contributed by atoms with van der Waals surface area (Å²) in [5.74, 6) is 0.904. The van der Waals surface area contributed by atoms with Crippen LogP contribution < -0.4 is 5.73 Å². The smallest absolute Gasteiger partial charge is 0.170 e. The van der Waals surface area contributed by atoms with Crippen molar-refractivity contribution in [2.75, 3.05) is 0 Å². The van der Waals surface area contributed by atoms with Gasteiger partial charge in [-0.05, 0) is 24.3 Å². The predicted octanol–water partition coefficient (Wildman–Crippen LogP) is 2.05. The topological polar surface area (TPSA) is 58.6 Å². The van der Waals surface area contributed by atoms with E-state index in [1.807, 2.05) is 12.1 Å². The molecular weight excluding hydrogens is 176 g/mol. The fourth-order valence-corrected chi connectivity index (χ4v) is 1.73. The highest BCUT2D eigenvalue weighted by atomic mass is 16.4. The fourth-order valence-electron chi connectivity index (χ4n) is 1.73. The SMILES string of the molecule is N/C(=N/O)c1ccc(C2CCC2)cc1. The Morgan fingerprint density at radius 3 is 2.36 bits per heavy atom. The molecule has 0 heterocycles. The van der Waals surface area contributed by atoms with Crippen LogP contribution in [0.3, 0.4) is 0 Å². The number of nitrogens with two attached hydrogens (primary N) is 1. The van der Waals surface area contributed by atoms with E-state index in [4.69, 9.17) is 10.9 Å². The molecule has 3 nitrogen and oxygen atoms in total. The minimum absolute atomic E-state index is 0.171. The molecule has 3 heteroatoms. The first-order valence-electron chi connectivity index (χ1n) is 4.89. The van der Waals surface area contributed by atoms with E-state index in [-0.39, 0.29) is 5.84 Å². The van der Waals surface area contributed by atoms with E-state index in [9.17, 15) is 0 Å².